The maximum Gasteiger partial charge on any atom is 0.0481 e. The van der Waals surface area contributed by atoms with E-state index in [9.17, 15) is 0 Å². The Hall–Kier alpha value is -0.380. The molecule has 1 aliphatic heterocycles. The normalized spacial score (nSPS) is 26.1. The van der Waals surface area contributed by atoms with Crippen molar-refractivity contribution in [2.75, 3.05) is 26.7 Å². The molecule has 0 radical (unpaired) electrons. The summed E-state index contributed by atoms with van der Waals surface area (Å²) in [6.07, 6.45) is 5.37. The van der Waals surface area contributed by atoms with E-state index in [4.69, 9.17) is 0 Å². The number of rotatable bonds is 5. The summed E-state index contributed by atoms with van der Waals surface area (Å²) in [5.74, 6) is 0.766. The van der Waals surface area contributed by atoms with Crippen LogP contribution in [0.2, 0.25) is 0 Å². The summed E-state index contributed by atoms with van der Waals surface area (Å²) < 4.78 is 0. The zero-order valence-corrected chi connectivity index (χ0v) is 12.5. The lowest BCUT2D eigenvalue weighted by molar-refractivity contribution is 0.157. The van der Waals surface area contributed by atoms with Gasteiger partial charge in [-0.1, -0.05) is 19.4 Å². The first kappa shape index (κ1) is 14.0. The SMILES string of the molecule is CCCN1CCCCC(CNC)C1c1cccs1. The van der Waals surface area contributed by atoms with Crippen LogP contribution in [0.5, 0.6) is 0 Å². The number of nitrogens with zero attached hydrogens (tertiary/aromatic N) is 1. The molecule has 2 unspecified atom stereocenters. The van der Waals surface area contributed by atoms with Crippen LogP contribution in [0.1, 0.15) is 43.5 Å². The Bertz CT molecular complexity index is 307. The Labute approximate surface area is 115 Å². The molecule has 3 heteroatoms. The molecule has 102 valence electrons. The highest BCUT2D eigenvalue weighted by Crippen LogP contribution is 2.37. The molecular formula is C15H26N2S. The molecule has 18 heavy (non-hydrogen) atoms. The standard InChI is InChI=1S/C15H26N2S/c1-3-9-17-10-5-4-7-13(12-16-2)15(17)14-8-6-11-18-14/h6,8,11,13,15-16H,3-5,7,9-10,12H2,1-2H3. The molecule has 0 saturated carbocycles. The van der Waals surface area contributed by atoms with Gasteiger partial charge in [0.1, 0.15) is 0 Å². The van der Waals surface area contributed by atoms with Crippen LogP contribution in [0.4, 0.5) is 0 Å². The van der Waals surface area contributed by atoms with E-state index in [1.165, 1.54) is 38.8 Å². The number of hydrogen-bond donors (Lipinski definition) is 1. The highest BCUT2D eigenvalue weighted by molar-refractivity contribution is 7.10. The summed E-state index contributed by atoms with van der Waals surface area (Å²) in [4.78, 5) is 4.28. The smallest absolute Gasteiger partial charge is 0.0481 e. The van der Waals surface area contributed by atoms with Crippen molar-refractivity contribution >= 4 is 11.3 Å². The van der Waals surface area contributed by atoms with Gasteiger partial charge < -0.3 is 5.32 Å². The van der Waals surface area contributed by atoms with Gasteiger partial charge in [-0.3, -0.25) is 4.90 Å². The van der Waals surface area contributed by atoms with Gasteiger partial charge in [0.15, 0.2) is 0 Å². The molecule has 1 aliphatic rings. The molecule has 1 fully saturated rings. The summed E-state index contributed by atoms with van der Waals surface area (Å²) in [5.41, 5.74) is 0. The second-order valence-electron chi connectivity index (χ2n) is 5.31. The van der Waals surface area contributed by atoms with E-state index >= 15 is 0 Å². The van der Waals surface area contributed by atoms with Crippen molar-refractivity contribution in [3.8, 4) is 0 Å². The molecule has 2 rings (SSSR count). The average Bonchev–Trinajstić information content (AvgIpc) is 2.81. The topological polar surface area (TPSA) is 15.3 Å². The van der Waals surface area contributed by atoms with Crippen molar-refractivity contribution in [1.29, 1.82) is 0 Å². The van der Waals surface area contributed by atoms with Crippen LogP contribution in [0.25, 0.3) is 0 Å². The fourth-order valence-corrected chi connectivity index (χ4v) is 4.15. The number of likely N-dealkylation sites (tertiary alicyclic amines) is 1. The molecule has 0 aromatic carbocycles. The molecule has 2 atom stereocenters. The largest absolute Gasteiger partial charge is 0.319 e. The van der Waals surface area contributed by atoms with Crippen molar-refractivity contribution in [1.82, 2.24) is 10.2 Å². The van der Waals surface area contributed by atoms with Crippen LogP contribution >= 0.6 is 11.3 Å². The third kappa shape index (κ3) is 3.34. The zero-order chi connectivity index (χ0) is 12.8. The molecule has 0 aliphatic carbocycles. The van der Waals surface area contributed by atoms with Gasteiger partial charge in [0.2, 0.25) is 0 Å². The summed E-state index contributed by atoms with van der Waals surface area (Å²) in [6, 6.07) is 5.16. The fourth-order valence-electron chi connectivity index (χ4n) is 3.20. The first-order valence-corrected chi connectivity index (χ1v) is 8.16. The maximum absolute atomic E-state index is 3.40. The van der Waals surface area contributed by atoms with Crippen LogP contribution in [0, 0.1) is 5.92 Å². The average molecular weight is 266 g/mol. The van der Waals surface area contributed by atoms with E-state index in [1.54, 1.807) is 4.88 Å². The predicted molar refractivity (Wildman–Crippen MR) is 80.2 cm³/mol. The molecule has 1 saturated heterocycles. The molecular weight excluding hydrogens is 240 g/mol. The van der Waals surface area contributed by atoms with E-state index in [0.29, 0.717) is 6.04 Å². The minimum absolute atomic E-state index is 0.639. The van der Waals surface area contributed by atoms with Gasteiger partial charge in [0.25, 0.3) is 0 Å². The summed E-state index contributed by atoms with van der Waals surface area (Å²) in [6.45, 7) is 5.95. The first-order chi connectivity index (χ1) is 8.86. The third-order valence-corrected chi connectivity index (χ3v) is 4.86. The van der Waals surface area contributed by atoms with E-state index in [2.05, 4.69) is 41.7 Å². The number of thiophene rings is 1. The molecule has 1 aromatic rings. The lowest BCUT2D eigenvalue weighted by atomic mass is 9.93. The van der Waals surface area contributed by atoms with Crippen molar-refractivity contribution in [3.63, 3.8) is 0 Å². The third-order valence-electron chi connectivity index (χ3n) is 3.92. The summed E-state index contributed by atoms with van der Waals surface area (Å²) in [5, 5.41) is 5.62. The van der Waals surface area contributed by atoms with Gasteiger partial charge >= 0.3 is 0 Å². The maximum atomic E-state index is 3.40. The second kappa shape index (κ2) is 7.27. The fraction of sp³-hybridized carbons (Fsp3) is 0.733. The first-order valence-electron chi connectivity index (χ1n) is 7.28. The highest BCUT2D eigenvalue weighted by atomic mass is 32.1. The number of hydrogen-bond acceptors (Lipinski definition) is 3. The lowest BCUT2D eigenvalue weighted by Crippen LogP contribution is -2.36. The molecule has 1 aromatic heterocycles. The summed E-state index contributed by atoms with van der Waals surface area (Å²) >= 11 is 1.93. The highest BCUT2D eigenvalue weighted by Gasteiger charge is 2.30. The molecule has 0 spiro atoms. The Morgan fingerprint density at radius 3 is 3.00 bits per heavy atom. The van der Waals surface area contributed by atoms with Crippen LogP contribution < -0.4 is 5.32 Å². The Balaban J connectivity index is 2.21. The summed E-state index contributed by atoms with van der Waals surface area (Å²) in [7, 11) is 2.08. The molecule has 0 bridgehead atoms. The Morgan fingerprint density at radius 1 is 1.44 bits per heavy atom. The van der Waals surface area contributed by atoms with Gasteiger partial charge in [0.05, 0.1) is 0 Å². The Kier molecular flexibility index (Phi) is 5.67. The predicted octanol–water partition coefficient (Wildman–Crippen LogP) is 3.52. The van der Waals surface area contributed by atoms with Crippen LogP contribution in [0.3, 0.4) is 0 Å². The quantitative estimate of drug-likeness (QED) is 0.877. The van der Waals surface area contributed by atoms with E-state index < -0.39 is 0 Å². The van der Waals surface area contributed by atoms with Crippen molar-refractivity contribution in [2.24, 2.45) is 5.92 Å². The van der Waals surface area contributed by atoms with E-state index in [0.717, 1.165) is 12.5 Å². The van der Waals surface area contributed by atoms with Gasteiger partial charge in [-0.05, 0) is 63.3 Å². The minimum atomic E-state index is 0.639. The minimum Gasteiger partial charge on any atom is -0.319 e. The van der Waals surface area contributed by atoms with E-state index in [-0.39, 0.29) is 0 Å². The monoisotopic (exact) mass is 266 g/mol. The molecule has 2 nitrogen and oxygen atoms in total. The molecule has 2 heterocycles. The van der Waals surface area contributed by atoms with Gasteiger partial charge in [-0.25, -0.2) is 0 Å². The van der Waals surface area contributed by atoms with Crippen LogP contribution in [-0.2, 0) is 0 Å². The van der Waals surface area contributed by atoms with Gasteiger partial charge in [0, 0.05) is 10.9 Å². The molecule has 1 N–H and O–H groups in total. The van der Waals surface area contributed by atoms with Crippen molar-refractivity contribution in [2.45, 2.75) is 38.6 Å². The van der Waals surface area contributed by atoms with Gasteiger partial charge in [-0.15, -0.1) is 11.3 Å². The van der Waals surface area contributed by atoms with Crippen molar-refractivity contribution in [3.05, 3.63) is 22.4 Å². The van der Waals surface area contributed by atoms with E-state index in [1.807, 2.05) is 11.3 Å². The zero-order valence-electron chi connectivity index (χ0n) is 11.7. The second-order valence-corrected chi connectivity index (χ2v) is 6.29. The molecule has 0 amide bonds. The number of nitrogens with one attached hydrogen (secondary N) is 1. The van der Waals surface area contributed by atoms with Gasteiger partial charge in [-0.2, -0.15) is 0 Å². The van der Waals surface area contributed by atoms with Crippen molar-refractivity contribution < 1.29 is 0 Å². The Morgan fingerprint density at radius 2 is 2.33 bits per heavy atom. The lowest BCUT2D eigenvalue weighted by Gasteiger charge is -2.34. The van der Waals surface area contributed by atoms with Crippen LogP contribution in [0.15, 0.2) is 17.5 Å². The van der Waals surface area contributed by atoms with Crippen LogP contribution in [-0.4, -0.2) is 31.6 Å².